The third kappa shape index (κ3) is 10.2. The van der Waals surface area contributed by atoms with Gasteiger partial charge in [-0.15, -0.1) is 0 Å². The van der Waals surface area contributed by atoms with Gasteiger partial charge in [-0.2, -0.15) is 0 Å². The summed E-state index contributed by atoms with van der Waals surface area (Å²) in [4.78, 5) is 5.38. The number of benzene rings is 13. The van der Waals surface area contributed by atoms with E-state index in [1.807, 2.05) is 0 Å². The Bertz CT molecular complexity index is 5460. The summed E-state index contributed by atoms with van der Waals surface area (Å²) in [5, 5.41) is 5.00. The minimum Gasteiger partial charge on any atom is -0.310 e. The Balaban J connectivity index is 1.04. The van der Waals surface area contributed by atoms with Crippen LogP contribution in [0.1, 0.15) is 105 Å². The van der Waals surface area contributed by atoms with Crippen molar-refractivity contribution in [3.63, 3.8) is 0 Å². The van der Waals surface area contributed by atoms with Crippen molar-refractivity contribution in [2.45, 2.75) is 105 Å². The highest BCUT2D eigenvalue weighted by Gasteiger charge is 2.46. The predicted molar refractivity (Wildman–Crippen MR) is 426 cm³/mol. The summed E-state index contributed by atoms with van der Waals surface area (Å²) in [5.74, 6) is 0. The Morgan fingerprint density at radius 2 is 0.556 bits per heavy atom. The smallest absolute Gasteiger partial charge is 0.252 e. The molecule has 0 radical (unpaired) electrons. The van der Waals surface area contributed by atoms with Crippen molar-refractivity contribution in [1.82, 2.24) is 9.13 Å². The largest absolute Gasteiger partial charge is 0.310 e. The molecule has 482 valence electrons. The molecule has 2 aliphatic heterocycles. The van der Waals surface area contributed by atoms with Crippen molar-refractivity contribution < 1.29 is 0 Å². The highest BCUT2D eigenvalue weighted by atomic mass is 15.2. The van der Waals surface area contributed by atoms with Crippen LogP contribution in [0.25, 0.3) is 99.5 Å². The van der Waals surface area contributed by atoms with Crippen LogP contribution in [-0.4, -0.2) is 15.8 Å². The fourth-order valence-corrected chi connectivity index (χ4v) is 16.1. The van der Waals surface area contributed by atoms with Crippen LogP contribution in [0.4, 0.5) is 34.1 Å². The number of para-hydroxylation sites is 2. The number of nitrogens with zero attached hydrogens (tertiary/aromatic N) is 4. The van der Waals surface area contributed by atoms with Crippen molar-refractivity contribution in [3.8, 4) is 55.9 Å². The van der Waals surface area contributed by atoms with E-state index in [0.717, 1.165) is 67.8 Å². The fraction of sp³-hybridized carbons (Fsp3) is 0.170. The fourth-order valence-electron chi connectivity index (χ4n) is 16.1. The molecule has 0 N–H and O–H groups in total. The second kappa shape index (κ2) is 22.9. The lowest BCUT2D eigenvalue weighted by Crippen LogP contribution is -2.61. The maximum atomic E-state index is 2.70. The first-order valence-corrected chi connectivity index (χ1v) is 35.4. The molecule has 0 saturated carbocycles. The van der Waals surface area contributed by atoms with Gasteiger partial charge < -0.3 is 18.9 Å². The SMILES string of the molecule is CC(C)(C)c1cc(-c2ccccc2)c(N2c3cc(-n4c5ccccc5c5ccccc54)ccc3B3c4ccc(-n5c6ccc(C(C)(C)C)cc6c6cc(C(C)(C)C)ccc65)cc4N(c4c(-c5ccccc5)cc(C(C)(C)C)cc4-c4ccccc4)c4cccc2c43)c(-c2ccccc2)c1. The second-order valence-electron chi connectivity index (χ2n) is 31.8. The van der Waals surface area contributed by atoms with E-state index in [-0.39, 0.29) is 28.4 Å². The molecule has 4 heterocycles. The summed E-state index contributed by atoms with van der Waals surface area (Å²) in [6.45, 7) is 27.9. The van der Waals surface area contributed by atoms with Crippen molar-refractivity contribution in [2.75, 3.05) is 9.80 Å². The maximum absolute atomic E-state index is 2.70. The van der Waals surface area contributed by atoms with Gasteiger partial charge in [0.2, 0.25) is 0 Å². The van der Waals surface area contributed by atoms with Gasteiger partial charge in [0.25, 0.3) is 6.71 Å². The number of aromatic nitrogens is 2. The van der Waals surface area contributed by atoms with Gasteiger partial charge in [-0.1, -0.05) is 271 Å². The van der Waals surface area contributed by atoms with E-state index in [9.17, 15) is 0 Å². The maximum Gasteiger partial charge on any atom is 0.252 e. The summed E-state index contributed by atoms with van der Waals surface area (Å²) in [5.41, 5.74) is 31.6. The first kappa shape index (κ1) is 61.7. The van der Waals surface area contributed by atoms with Crippen LogP contribution >= 0.6 is 0 Å². The molecule has 17 rings (SSSR count). The molecule has 0 atom stereocenters. The molecule has 0 amide bonds. The molecular weight excluding hydrogens is 1200 g/mol. The molecule has 15 aromatic rings. The third-order valence-electron chi connectivity index (χ3n) is 21.3. The van der Waals surface area contributed by atoms with Gasteiger partial charge in [0.15, 0.2) is 0 Å². The van der Waals surface area contributed by atoms with Crippen molar-refractivity contribution in [3.05, 3.63) is 307 Å². The molecule has 0 fully saturated rings. The number of fused-ring (bicyclic) bond motifs is 10. The van der Waals surface area contributed by atoms with E-state index < -0.39 is 0 Å². The van der Waals surface area contributed by atoms with E-state index in [2.05, 4.69) is 387 Å². The van der Waals surface area contributed by atoms with Gasteiger partial charge in [-0.3, -0.25) is 0 Å². The standard InChI is InChI=1S/C94H83BN4/c1-91(2,3)64-44-50-82-76(52-64)77-53-65(92(4,5)6)45-51-83(77)97(82)69-47-49-79-87(59-69)99(90-74(62-34-21-15-22-35-62)56-67(94(10,11)12)57-75(90)63-36-23-16-24-37-63)85-43-29-42-84-88(85)95(79)78-48-46-68(96-80-40-27-25-38-70(80)71-39-26-28-41-81(71)96)58-86(78)98(84)89-72(60-30-17-13-18-31-60)54-66(93(7,8)9)55-73(89)61-32-19-14-20-33-61/h13-59H,1-12H3. The van der Waals surface area contributed by atoms with Crippen molar-refractivity contribution >= 4 is 101 Å². The van der Waals surface area contributed by atoms with Crippen LogP contribution in [0.15, 0.2) is 285 Å². The Hall–Kier alpha value is -10.9. The van der Waals surface area contributed by atoms with Gasteiger partial charge in [-0.05, 0) is 180 Å². The molecule has 5 heteroatoms. The van der Waals surface area contributed by atoms with E-state index in [1.165, 1.54) is 105 Å². The topological polar surface area (TPSA) is 16.3 Å². The lowest BCUT2D eigenvalue weighted by atomic mass is 9.33. The van der Waals surface area contributed by atoms with Gasteiger partial charge >= 0.3 is 0 Å². The molecular formula is C94H83BN4. The molecule has 2 aromatic heterocycles. The highest BCUT2D eigenvalue weighted by molar-refractivity contribution is 7.00. The number of hydrogen-bond acceptors (Lipinski definition) is 2. The Morgan fingerprint density at radius 3 is 0.889 bits per heavy atom. The zero-order chi connectivity index (χ0) is 68.0. The lowest BCUT2D eigenvalue weighted by molar-refractivity contribution is 0.590. The zero-order valence-corrected chi connectivity index (χ0v) is 59.0. The summed E-state index contributed by atoms with van der Waals surface area (Å²) < 4.78 is 5.05. The molecule has 0 aliphatic carbocycles. The summed E-state index contributed by atoms with van der Waals surface area (Å²) >= 11 is 0. The van der Waals surface area contributed by atoms with Crippen LogP contribution in [-0.2, 0) is 21.7 Å². The van der Waals surface area contributed by atoms with Crippen LogP contribution in [0, 0.1) is 0 Å². The second-order valence-corrected chi connectivity index (χ2v) is 31.8. The lowest BCUT2D eigenvalue weighted by Gasteiger charge is -2.46. The first-order chi connectivity index (χ1) is 47.7. The molecule has 4 nitrogen and oxygen atoms in total. The molecule has 0 unspecified atom stereocenters. The molecule has 99 heavy (non-hydrogen) atoms. The summed E-state index contributed by atoms with van der Waals surface area (Å²) in [6.07, 6.45) is 0. The van der Waals surface area contributed by atoms with Gasteiger partial charge in [0, 0.05) is 77.9 Å². The molecule has 2 aliphatic rings. The van der Waals surface area contributed by atoms with Gasteiger partial charge in [0.05, 0.1) is 33.4 Å². The van der Waals surface area contributed by atoms with Gasteiger partial charge in [-0.25, -0.2) is 0 Å². The molecule has 0 bridgehead atoms. The number of hydrogen-bond donors (Lipinski definition) is 0. The highest BCUT2D eigenvalue weighted by Crippen LogP contribution is 2.55. The Morgan fingerprint density at radius 1 is 0.242 bits per heavy atom. The van der Waals surface area contributed by atoms with Crippen molar-refractivity contribution in [1.29, 1.82) is 0 Å². The third-order valence-corrected chi connectivity index (χ3v) is 21.3. The van der Waals surface area contributed by atoms with Crippen LogP contribution < -0.4 is 26.2 Å². The average molecular weight is 1280 g/mol. The van der Waals surface area contributed by atoms with Crippen LogP contribution in [0.3, 0.4) is 0 Å². The van der Waals surface area contributed by atoms with E-state index >= 15 is 0 Å². The van der Waals surface area contributed by atoms with Gasteiger partial charge in [0.1, 0.15) is 0 Å². The van der Waals surface area contributed by atoms with Crippen LogP contribution in [0.5, 0.6) is 0 Å². The van der Waals surface area contributed by atoms with E-state index in [1.54, 1.807) is 0 Å². The summed E-state index contributed by atoms with van der Waals surface area (Å²) in [7, 11) is 0. The molecule has 0 saturated heterocycles. The van der Waals surface area contributed by atoms with Crippen LogP contribution in [0.2, 0.25) is 0 Å². The summed E-state index contributed by atoms with van der Waals surface area (Å²) in [6, 6.07) is 109. The zero-order valence-electron chi connectivity index (χ0n) is 59.0. The number of rotatable bonds is 8. The van der Waals surface area contributed by atoms with E-state index in [4.69, 9.17) is 0 Å². The number of anilines is 6. The normalized spacial score (nSPS) is 13.2. The first-order valence-electron chi connectivity index (χ1n) is 35.4. The predicted octanol–water partition coefficient (Wildman–Crippen LogP) is 23.8. The molecule has 13 aromatic carbocycles. The molecule has 0 spiro atoms. The minimum atomic E-state index is -0.208. The Kier molecular flexibility index (Phi) is 14.2. The Labute approximate surface area is 584 Å². The quantitative estimate of drug-likeness (QED) is 0.141. The minimum absolute atomic E-state index is 0.0452. The van der Waals surface area contributed by atoms with Crippen molar-refractivity contribution in [2.24, 2.45) is 0 Å². The van der Waals surface area contributed by atoms with E-state index in [0.29, 0.717) is 0 Å². The average Bonchev–Trinajstić information content (AvgIpc) is 0.792. The monoisotopic (exact) mass is 1280 g/mol.